The number of likely N-dealkylation sites (N-methyl/N-ethyl adjacent to an activating group) is 1. The number of hydrogen-bond donors (Lipinski definition) is 0. The molecule has 0 aromatic rings. The molecule has 0 radical (unpaired) electrons. The third-order valence-electron chi connectivity index (χ3n) is 7.32. The summed E-state index contributed by atoms with van der Waals surface area (Å²) in [6.45, 7) is 12.1. The van der Waals surface area contributed by atoms with Crippen molar-refractivity contribution in [2.75, 3.05) is 27.2 Å². The van der Waals surface area contributed by atoms with Crippen molar-refractivity contribution in [3.8, 4) is 0 Å². The first-order chi connectivity index (χ1) is 16.8. The summed E-state index contributed by atoms with van der Waals surface area (Å²) in [5.41, 5.74) is 0.509. The summed E-state index contributed by atoms with van der Waals surface area (Å²) in [5.74, 6) is -0.225. The van der Waals surface area contributed by atoms with Crippen molar-refractivity contribution in [1.82, 2.24) is 0 Å². The van der Waals surface area contributed by atoms with Crippen LogP contribution in [0, 0.1) is 0 Å². The van der Waals surface area contributed by atoms with Crippen LogP contribution in [0.15, 0.2) is 12.2 Å². The lowest BCUT2D eigenvalue weighted by atomic mass is 10.0. The van der Waals surface area contributed by atoms with E-state index in [9.17, 15) is 4.79 Å². The van der Waals surface area contributed by atoms with Gasteiger partial charge in [-0.1, -0.05) is 130 Å². The zero-order chi connectivity index (χ0) is 26.2. The molecule has 0 saturated heterocycles. The Morgan fingerprint density at radius 1 is 0.657 bits per heavy atom. The summed E-state index contributed by atoms with van der Waals surface area (Å²) in [7, 11) is 4.59. The van der Waals surface area contributed by atoms with Crippen molar-refractivity contribution in [2.24, 2.45) is 0 Å². The van der Waals surface area contributed by atoms with E-state index < -0.39 is 0 Å². The van der Waals surface area contributed by atoms with Crippen molar-refractivity contribution >= 4 is 5.97 Å². The predicted octanol–water partition coefficient (Wildman–Crippen LogP) is 9.78. The van der Waals surface area contributed by atoms with E-state index in [1.54, 1.807) is 6.92 Å². The van der Waals surface area contributed by atoms with Gasteiger partial charge in [-0.2, -0.15) is 0 Å². The lowest BCUT2D eigenvalue weighted by Crippen LogP contribution is -2.47. The van der Waals surface area contributed by atoms with E-state index in [0.717, 1.165) is 30.4 Å². The molecule has 0 aliphatic carbocycles. The zero-order valence-corrected chi connectivity index (χ0v) is 24.8. The summed E-state index contributed by atoms with van der Waals surface area (Å²) in [5, 5.41) is 0. The van der Waals surface area contributed by atoms with E-state index in [1.165, 1.54) is 122 Å². The van der Waals surface area contributed by atoms with E-state index in [1.807, 2.05) is 0 Å². The minimum absolute atomic E-state index is 0.00650. The van der Waals surface area contributed by atoms with Crippen LogP contribution in [-0.4, -0.2) is 43.7 Å². The Morgan fingerprint density at radius 3 is 1.43 bits per heavy atom. The van der Waals surface area contributed by atoms with Crippen LogP contribution in [-0.2, 0) is 9.53 Å². The third kappa shape index (κ3) is 23.3. The van der Waals surface area contributed by atoms with Crippen LogP contribution in [0.1, 0.15) is 156 Å². The Labute approximate surface area is 221 Å². The van der Waals surface area contributed by atoms with Gasteiger partial charge in [0.15, 0.2) is 6.10 Å². The SMILES string of the molecule is C=C(C)C(=O)OC(CCCCCCCC)C[N+](C)(C)CCCCCCCCCCCCCCCC. The van der Waals surface area contributed by atoms with Crippen LogP contribution in [0.2, 0.25) is 0 Å². The summed E-state index contributed by atoms with van der Waals surface area (Å²) >= 11 is 0. The number of hydrogen-bond acceptors (Lipinski definition) is 2. The van der Waals surface area contributed by atoms with Crippen LogP contribution in [0.5, 0.6) is 0 Å². The number of esters is 1. The van der Waals surface area contributed by atoms with E-state index in [4.69, 9.17) is 4.74 Å². The van der Waals surface area contributed by atoms with E-state index in [0.29, 0.717) is 5.57 Å². The molecule has 0 amide bonds. The van der Waals surface area contributed by atoms with Gasteiger partial charge in [0, 0.05) is 5.57 Å². The number of quaternary nitrogens is 1. The summed E-state index contributed by atoms with van der Waals surface area (Å²) in [4.78, 5) is 12.2. The molecule has 0 fully saturated rings. The number of carbonyl (C=O) groups excluding carboxylic acids is 1. The molecule has 0 saturated carbocycles. The number of carbonyl (C=O) groups is 1. The third-order valence-corrected chi connectivity index (χ3v) is 7.32. The highest BCUT2D eigenvalue weighted by Crippen LogP contribution is 2.17. The molecule has 3 nitrogen and oxygen atoms in total. The van der Waals surface area contributed by atoms with Crippen LogP contribution in [0.3, 0.4) is 0 Å². The van der Waals surface area contributed by atoms with Gasteiger partial charge in [0.25, 0.3) is 0 Å². The Bertz CT molecular complexity index is 500. The molecule has 0 rings (SSSR count). The van der Waals surface area contributed by atoms with Crippen molar-refractivity contribution in [3.05, 3.63) is 12.2 Å². The number of rotatable bonds is 26. The largest absolute Gasteiger partial charge is 0.453 e. The number of unbranched alkanes of at least 4 members (excludes halogenated alkanes) is 18. The second-order valence-electron chi connectivity index (χ2n) is 11.8. The van der Waals surface area contributed by atoms with Gasteiger partial charge >= 0.3 is 5.97 Å². The standard InChI is InChI=1S/C32H64NO2/c1-7-9-11-13-15-16-17-18-19-20-21-22-24-26-28-33(5,6)29-31(35-32(34)30(3)4)27-25-23-14-12-10-8-2/h31H,3,7-29H2,1-2,4-6H3/q+1. The lowest BCUT2D eigenvalue weighted by molar-refractivity contribution is -0.893. The van der Waals surface area contributed by atoms with Gasteiger partial charge < -0.3 is 9.22 Å². The molecular weight excluding hydrogens is 430 g/mol. The van der Waals surface area contributed by atoms with Crippen molar-refractivity contribution < 1.29 is 14.0 Å². The summed E-state index contributed by atoms with van der Waals surface area (Å²) in [6, 6.07) is 0. The maximum Gasteiger partial charge on any atom is 0.333 e. The fraction of sp³-hybridized carbons (Fsp3) is 0.906. The van der Waals surface area contributed by atoms with Gasteiger partial charge in [-0.15, -0.1) is 0 Å². The van der Waals surface area contributed by atoms with Crippen LogP contribution in [0.25, 0.3) is 0 Å². The first kappa shape index (κ1) is 34.2. The van der Waals surface area contributed by atoms with Gasteiger partial charge in [-0.3, -0.25) is 0 Å². The molecule has 0 heterocycles. The van der Waals surface area contributed by atoms with Gasteiger partial charge in [0.2, 0.25) is 0 Å². The first-order valence-electron chi connectivity index (χ1n) is 15.5. The quantitative estimate of drug-likeness (QED) is 0.0517. The lowest BCUT2D eigenvalue weighted by Gasteiger charge is -2.33. The Kier molecular flexibility index (Phi) is 23.0. The molecule has 0 bridgehead atoms. The monoisotopic (exact) mass is 494 g/mol. The highest BCUT2D eigenvalue weighted by Gasteiger charge is 2.25. The minimum atomic E-state index is -0.225. The summed E-state index contributed by atoms with van der Waals surface area (Å²) in [6.07, 6.45) is 28.2. The van der Waals surface area contributed by atoms with E-state index in [-0.39, 0.29) is 12.1 Å². The van der Waals surface area contributed by atoms with Crippen molar-refractivity contribution in [3.63, 3.8) is 0 Å². The van der Waals surface area contributed by atoms with Gasteiger partial charge in [-0.05, 0) is 32.6 Å². The van der Waals surface area contributed by atoms with E-state index in [2.05, 4.69) is 34.5 Å². The first-order valence-corrected chi connectivity index (χ1v) is 15.5. The topological polar surface area (TPSA) is 26.3 Å². The molecule has 0 aromatic heterocycles. The minimum Gasteiger partial charge on any atom is -0.453 e. The molecule has 1 atom stereocenters. The van der Waals surface area contributed by atoms with E-state index >= 15 is 0 Å². The molecule has 0 aliphatic rings. The average molecular weight is 495 g/mol. The Hall–Kier alpha value is -0.830. The molecule has 3 heteroatoms. The molecule has 35 heavy (non-hydrogen) atoms. The number of ether oxygens (including phenoxy) is 1. The highest BCUT2D eigenvalue weighted by molar-refractivity contribution is 5.87. The highest BCUT2D eigenvalue weighted by atomic mass is 16.5. The van der Waals surface area contributed by atoms with Crippen LogP contribution >= 0.6 is 0 Å². The van der Waals surface area contributed by atoms with Crippen molar-refractivity contribution in [2.45, 2.75) is 162 Å². The molecule has 0 aliphatic heterocycles. The fourth-order valence-corrected chi connectivity index (χ4v) is 4.97. The molecular formula is C32H64NO2+. The predicted molar refractivity (Wildman–Crippen MR) is 155 cm³/mol. The van der Waals surface area contributed by atoms with Crippen molar-refractivity contribution in [1.29, 1.82) is 0 Å². The maximum absolute atomic E-state index is 12.2. The van der Waals surface area contributed by atoms with Crippen LogP contribution < -0.4 is 0 Å². The normalized spacial score (nSPS) is 12.6. The Morgan fingerprint density at radius 2 is 1.03 bits per heavy atom. The van der Waals surface area contributed by atoms with Crippen LogP contribution in [0.4, 0.5) is 0 Å². The zero-order valence-electron chi connectivity index (χ0n) is 24.8. The second-order valence-corrected chi connectivity index (χ2v) is 11.8. The molecule has 208 valence electrons. The van der Waals surface area contributed by atoms with Gasteiger partial charge in [0.1, 0.15) is 6.54 Å². The maximum atomic E-state index is 12.2. The smallest absolute Gasteiger partial charge is 0.333 e. The van der Waals surface area contributed by atoms with Gasteiger partial charge in [0.05, 0.1) is 20.6 Å². The Balaban J connectivity index is 3.98. The molecule has 1 unspecified atom stereocenters. The average Bonchev–Trinajstić information content (AvgIpc) is 2.81. The second kappa shape index (κ2) is 23.6. The molecule has 0 aromatic carbocycles. The van der Waals surface area contributed by atoms with Gasteiger partial charge in [-0.25, -0.2) is 4.79 Å². The number of nitrogens with zero attached hydrogens (tertiary/aromatic N) is 1. The molecule has 0 N–H and O–H groups in total. The molecule has 0 spiro atoms. The fourth-order valence-electron chi connectivity index (χ4n) is 4.97. The summed E-state index contributed by atoms with van der Waals surface area (Å²) < 4.78 is 6.78.